The van der Waals surface area contributed by atoms with Crippen LogP contribution >= 0.6 is 0 Å². The minimum atomic E-state index is 0.305. The summed E-state index contributed by atoms with van der Waals surface area (Å²) < 4.78 is 0. The monoisotopic (exact) mass is 828 g/mol. The van der Waals surface area contributed by atoms with Gasteiger partial charge in [0, 0.05) is 45.3 Å². The predicted molar refractivity (Wildman–Crippen MR) is 270 cm³/mol. The smallest absolute Gasteiger partial charge is 0.116 e. The minimum Gasteiger partial charge on any atom is -0.311 e. The second kappa shape index (κ2) is 18.4. The first-order valence-corrected chi connectivity index (χ1v) is 20.9. The van der Waals surface area contributed by atoms with E-state index in [9.17, 15) is 0 Å². The van der Waals surface area contributed by atoms with Crippen molar-refractivity contribution in [2.75, 3.05) is 20.7 Å². The fraction of sp³-hybridized carbons (Fsp3) is 0. The third-order valence-electron chi connectivity index (χ3n) is 11.0. The van der Waals surface area contributed by atoms with Gasteiger partial charge >= 0.3 is 0 Å². The number of hydrogen-bond donors (Lipinski definition) is 4. The fourth-order valence-corrected chi connectivity index (χ4v) is 7.78. The molecule has 0 aliphatic heterocycles. The van der Waals surface area contributed by atoms with Crippen molar-refractivity contribution >= 4 is 74.4 Å². The Bertz CT molecular complexity index is 3010. The molecule has 0 amide bonds. The van der Waals surface area contributed by atoms with Crippen molar-refractivity contribution in [2.24, 2.45) is 10.2 Å². The zero-order chi connectivity index (χ0) is 43.8. The van der Waals surface area contributed by atoms with E-state index in [1.807, 2.05) is 97.1 Å². The number of benzene rings is 7. The number of nitrogens with zero attached hydrogens (tertiary/aromatic N) is 4. The molecule has 64 heavy (non-hydrogen) atoms. The molecule has 9 rings (SSSR count). The van der Waals surface area contributed by atoms with Crippen LogP contribution in [0.2, 0.25) is 0 Å². The standard InChI is InChI=1S/C56H44N8/c1-3-39-23-37-53(57)55(51(39)4-2)61-59-43-25-33-49(34-26-43)63(45-14-7-5-8-15-45)47-29-19-40(20-30-47)41-21-31-48(32-22-41)64(46-16-9-6-10-17-46)50-35-27-44(28-36-50)60-62-56-52-18-12-11-13-42(52)24-38-54(56)58/h3-38,57-60H,1-2H2/b57-53?,58-54?,61-55-,62-56-. The average molecular weight is 829 g/mol. The number of allylic oxidation sites excluding steroid dienone is 7. The van der Waals surface area contributed by atoms with E-state index in [-0.39, 0.29) is 0 Å². The molecule has 4 N–H and O–H groups in total. The molecule has 0 bridgehead atoms. The molecular weight excluding hydrogens is 785 g/mol. The lowest BCUT2D eigenvalue weighted by atomic mass is 9.94. The Balaban J connectivity index is 0.938. The van der Waals surface area contributed by atoms with Gasteiger partial charge in [0.25, 0.3) is 0 Å². The fourth-order valence-electron chi connectivity index (χ4n) is 7.78. The summed E-state index contributed by atoms with van der Waals surface area (Å²) in [7, 11) is 0. The second-order valence-corrected chi connectivity index (χ2v) is 15.0. The van der Waals surface area contributed by atoms with Crippen LogP contribution in [-0.2, 0) is 0 Å². The van der Waals surface area contributed by atoms with Crippen LogP contribution in [0.4, 0.5) is 45.5 Å². The van der Waals surface area contributed by atoms with Crippen LogP contribution < -0.4 is 20.7 Å². The van der Waals surface area contributed by atoms with Crippen molar-refractivity contribution in [3.8, 4) is 11.1 Å². The minimum absolute atomic E-state index is 0.305. The van der Waals surface area contributed by atoms with Crippen molar-refractivity contribution in [3.05, 3.63) is 248 Å². The van der Waals surface area contributed by atoms with Crippen molar-refractivity contribution < 1.29 is 0 Å². The normalized spacial score (nSPS) is 14.3. The van der Waals surface area contributed by atoms with Gasteiger partial charge in [-0.15, -0.1) is 0 Å². The number of hydrogen-bond acceptors (Lipinski definition) is 8. The third kappa shape index (κ3) is 8.52. The molecular formula is C56H44N8. The number of rotatable bonds is 13. The van der Waals surface area contributed by atoms with Crippen LogP contribution in [0.15, 0.2) is 247 Å². The van der Waals surface area contributed by atoms with Gasteiger partial charge in [0.1, 0.15) is 11.4 Å². The summed E-state index contributed by atoms with van der Waals surface area (Å²) in [6, 6.07) is 62.2. The largest absolute Gasteiger partial charge is 0.311 e. The zero-order valence-electron chi connectivity index (χ0n) is 35.0. The summed E-state index contributed by atoms with van der Waals surface area (Å²) in [6.07, 6.45) is 10.7. The molecule has 0 aromatic heterocycles. The summed E-state index contributed by atoms with van der Waals surface area (Å²) in [5.41, 5.74) is 21.7. The molecule has 2 aliphatic rings. The van der Waals surface area contributed by atoms with Crippen molar-refractivity contribution in [3.63, 3.8) is 0 Å². The first-order chi connectivity index (χ1) is 31.5. The number of para-hydroxylation sites is 2. The summed E-state index contributed by atoms with van der Waals surface area (Å²) in [4.78, 5) is 4.46. The molecule has 0 spiro atoms. The summed E-state index contributed by atoms with van der Waals surface area (Å²) >= 11 is 0. The maximum atomic E-state index is 8.46. The zero-order valence-corrected chi connectivity index (χ0v) is 35.0. The first-order valence-electron chi connectivity index (χ1n) is 20.9. The highest BCUT2D eigenvalue weighted by Gasteiger charge is 2.19. The maximum Gasteiger partial charge on any atom is 0.116 e. The van der Waals surface area contributed by atoms with Gasteiger partial charge in [-0.3, -0.25) is 21.7 Å². The summed E-state index contributed by atoms with van der Waals surface area (Å²) in [5, 5.41) is 26.1. The second-order valence-electron chi connectivity index (χ2n) is 15.0. The Morgan fingerprint density at radius 1 is 0.406 bits per heavy atom. The Morgan fingerprint density at radius 2 is 0.812 bits per heavy atom. The quantitative estimate of drug-likeness (QED) is 0.0686. The molecule has 0 fully saturated rings. The molecule has 0 radical (unpaired) electrons. The highest BCUT2D eigenvalue weighted by molar-refractivity contribution is 6.53. The van der Waals surface area contributed by atoms with Gasteiger partial charge in [-0.25, -0.2) is 0 Å². The van der Waals surface area contributed by atoms with Gasteiger partial charge in [0.2, 0.25) is 0 Å². The molecule has 0 atom stereocenters. The topological polar surface area (TPSA) is 103 Å². The molecule has 8 heteroatoms. The van der Waals surface area contributed by atoms with Gasteiger partial charge in [-0.2, -0.15) is 10.2 Å². The molecule has 0 saturated carbocycles. The van der Waals surface area contributed by atoms with Gasteiger partial charge in [0.05, 0.1) is 22.8 Å². The van der Waals surface area contributed by atoms with Crippen LogP contribution in [0.1, 0.15) is 11.1 Å². The van der Waals surface area contributed by atoms with Crippen molar-refractivity contribution in [1.82, 2.24) is 0 Å². The van der Waals surface area contributed by atoms with Crippen LogP contribution in [-0.4, -0.2) is 22.8 Å². The van der Waals surface area contributed by atoms with E-state index >= 15 is 0 Å². The van der Waals surface area contributed by atoms with Gasteiger partial charge in [-0.1, -0.05) is 122 Å². The lowest BCUT2D eigenvalue weighted by Crippen LogP contribution is -2.18. The predicted octanol–water partition coefficient (Wildman–Crippen LogP) is 14.2. The number of hydrazone groups is 2. The van der Waals surface area contributed by atoms with Crippen LogP contribution in [0.25, 0.3) is 17.2 Å². The van der Waals surface area contributed by atoms with E-state index < -0.39 is 0 Å². The van der Waals surface area contributed by atoms with Crippen molar-refractivity contribution in [2.45, 2.75) is 0 Å². The number of fused-ring (bicyclic) bond motifs is 1. The van der Waals surface area contributed by atoms with Gasteiger partial charge in [-0.05, 0) is 131 Å². The average Bonchev–Trinajstić information content (AvgIpc) is 3.35. The number of nitrogens with one attached hydrogen (secondary N) is 4. The maximum absolute atomic E-state index is 8.46. The van der Waals surface area contributed by atoms with E-state index in [1.165, 1.54) is 0 Å². The molecule has 0 heterocycles. The van der Waals surface area contributed by atoms with E-state index in [2.05, 4.69) is 141 Å². The lowest BCUT2D eigenvalue weighted by molar-refractivity contribution is 1.27. The van der Waals surface area contributed by atoms with Gasteiger partial charge < -0.3 is 9.80 Å². The summed E-state index contributed by atoms with van der Waals surface area (Å²) in [6.45, 7) is 7.81. The third-order valence-corrected chi connectivity index (χ3v) is 11.0. The Labute approximate surface area is 373 Å². The molecule has 0 saturated heterocycles. The van der Waals surface area contributed by atoms with Crippen LogP contribution in [0.3, 0.4) is 0 Å². The number of anilines is 8. The lowest BCUT2D eigenvalue weighted by Gasteiger charge is -2.26. The van der Waals surface area contributed by atoms with E-state index in [0.717, 1.165) is 78.9 Å². The Hall–Kier alpha value is -8.88. The molecule has 7 aromatic carbocycles. The highest BCUT2D eigenvalue weighted by atomic mass is 15.3. The molecule has 308 valence electrons. The van der Waals surface area contributed by atoms with Crippen molar-refractivity contribution in [1.29, 1.82) is 10.8 Å². The SMILES string of the molecule is C=CC1=C(C=C)/C(=N/Nc2ccc(N(c3ccccc3)c3ccc(-c4ccc(N(c5ccccc5)c5ccc(N/N=C6\C(=N)C=Cc7ccccc76)cc5)cc4)cc3)cc2)C(=N)C=C1. The van der Waals surface area contributed by atoms with E-state index in [4.69, 9.17) is 10.8 Å². The van der Waals surface area contributed by atoms with E-state index in [1.54, 1.807) is 24.3 Å². The van der Waals surface area contributed by atoms with Crippen LogP contribution in [0.5, 0.6) is 0 Å². The van der Waals surface area contributed by atoms with Crippen LogP contribution in [0, 0.1) is 10.8 Å². The Kier molecular flexibility index (Phi) is 11.6. The molecule has 7 aromatic rings. The first kappa shape index (κ1) is 40.5. The highest BCUT2D eigenvalue weighted by Crippen LogP contribution is 2.38. The Morgan fingerprint density at radius 3 is 1.30 bits per heavy atom. The molecule has 0 unspecified atom stereocenters. The molecule has 8 nitrogen and oxygen atoms in total. The summed E-state index contributed by atoms with van der Waals surface area (Å²) in [5.74, 6) is 0. The van der Waals surface area contributed by atoms with Gasteiger partial charge in [0.15, 0.2) is 0 Å². The molecule has 2 aliphatic carbocycles. The van der Waals surface area contributed by atoms with E-state index in [0.29, 0.717) is 22.8 Å².